The molecule has 0 radical (unpaired) electrons. The molecule has 0 saturated carbocycles. The van der Waals surface area contributed by atoms with Crippen LogP contribution in [-0.4, -0.2) is 12.0 Å². The Hall–Kier alpha value is -1.35. The molecule has 0 aliphatic rings. The van der Waals surface area contributed by atoms with Gasteiger partial charge in [0.2, 0.25) is 0 Å². The van der Waals surface area contributed by atoms with E-state index in [0.29, 0.717) is 0 Å². The number of aryl methyl sites for hydroxylation is 4. The smallest absolute Gasteiger partial charge is 0.182 e. The topological polar surface area (TPSA) is 24.9 Å². The van der Waals surface area contributed by atoms with Gasteiger partial charge in [-0.05, 0) is 37.8 Å². The van der Waals surface area contributed by atoms with Gasteiger partial charge in [-0.2, -0.15) is 0 Å². The maximum Gasteiger partial charge on any atom is 0.182 e. The maximum atomic E-state index is 4.58. The van der Waals surface area contributed by atoms with E-state index < -0.39 is 0 Å². The molecular weight excluding hydrogens is 228 g/mol. The molecule has 1 heterocycles. The predicted octanol–water partition coefficient (Wildman–Crippen LogP) is 3.59. The Morgan fingerprint density at radius 3 is 2.59 bits per heavy atom. The van der Waals surface area contributed by atoms with Crippen molar-refractivity contribution in [1.29, 1.82) is 0 Å². The number of hydrogen-bond donors (Lipinski definition) is 1. The van der Waals surface area contributed by atoms with E-state index in [1.165, 1.54) is 21.7 Å². The van der Waals surface area contributed by atoms with Gasteiger partial charge in [0.05, 0.1) is 5.69 Å². The average Bonchev–Trinajstić information content (AvgIpc) is 2.69. The van der Waals surface area contributed by atoms with Crippen molar-refractivity contribution in [3.05, 3.63) is 46.0 Å². The third-order valence-electron chi connectivity index (χ3n) is 3.00. The van der Waals surface area contributed by atoms with E-state index in [0.717, 1.165) is 18.0 Å². The molecule has 0 atom stereocenters. The summed E-state index contributed by atoms with van der Waals surface area (Å²) in [6, 6.07) is 8.57. The highest BCUT2D eigenvalue weighted by atomic mass is 32.1. The largest absolute Gasteiger partial charge is 0.365 e. The van der Waals surface area contributed by atoms with Crippen LogP contribution in [0, 0.1) is 13.8 Å². The summed E-state index contributed by atoms with van der Waals surface area (Å²) >= 11 is 1.73. The Morgan fingerprint density at radius 1 is 1.18 bits per heavy atom. The normalized spacial score (nSPS) is 10.5. The van der Waals surface area contributed by atoms with Crippen LogP contribution >= 0.6 is 11.3 Å². The lowest BCUT2D eigenvalue weighted by atomic mass is 10.0. The number of benzene rings is 1. The third-order valence-corrected chi connectivity index (χ3v) is 4.03. The van der Waals surface area contributed by atoms with Crippen LogP contribution in [-0.2, 0) is 12.8 Å². The zero-order valence-electron chi connectivity index (χ0n) is 10.6. The fourth-order valence-corrected chi connectivity index (χ4v) is 2.72. The van der Waals surface area contributed by atoms with Gasteiger partial charge in [0.15, 0.2) is 5.13 Å². The van der Waals surface area contributed by atoms with Crippen LogP contribution in [0.15, 0.2) is 24.3 Å². The van der Waals surface area contributed by atoms with Crippen LogP contribution in [0.4, 0.5) is 5.13 Å². The molecule has 0 saturated heterocycles. The number of nitrogens with one attached hydrogen (secondary N) is 1. The molecule has 2 aromatic rings. The molecule has 1 aromatic heterocycles. The van der Waals surface area contributed by atoms with Crippen molar-refractivity contribution in [1.82, 2.24) is 4.98 Å². The minimum absolute atomic E-state index is 1.02. The van der Waals surface area contributed by atoms with E-state index in [2.05, 4.69) is 48.4 Å². The highest BCUT2D eigenvalue weighted by Gasteiger charge is 2.07. The minimum atomic E-state index is 1.02. The van der Waals surface area contributed by atoms with Gasteiger partial charge >= 0.3 is 0 Å². The first-order valence-electron chi connectivity index (χ1n) is 5.89. The summed E-state index contributed by atoms with van der Waals surface area (Å²) in [6.45, 7) is 4.31. The van der Waals surface area contributed by atoms with E-state index in [4.69, 9.17) is 0 Å². The van der Waals surface area contributed by atoms with E-state index in [9.17, 15) is 0 Å². The zero-order valence-corrected chi connectivity index (χ0v) is 11.4. The molecule has 1 aromatic carbocycles. The molecule has 1 N–H and O–H groups in total. The van der Waals surface area contributed by atoms with E-state index in [1.807, 2.05) is 7.05 Å². The van der Waals surface area contributed by atoms with Gasteiger partial charge < -0.3 is 5.32 Å². The lowest BCUT2D eigenvalue weighted by Crippen LogP contribution is -1.96. The quantitative estimate of drug-likeness (QED) is 0.891. The molecule has 3 heteroatoms. The summed E-state index contributed by atoms with van der Waals surface area (Å²) in [5.41, 5.74) is 4.02. The van der Waals surface area contributed by atoms with Crippen molar-refractivity contribution in [2.24, 2.45) is 0 Å². The zero-order chi connectivity index (χ0) is 12.3. The second-order valence-corrected chi connectivity index (χ2v) is 5.40. The molecule has 0 aliphatic carbocycles. The highest BCUT2D eigenvalue weighted by molar-refractivity contribution is 7.15. The summed E-state index contributed by atoms with van der Waals surface area (Å²) in [6.07, 6.45) is 2.09. The van der Waals surface area contributed by atoms with Crippen molar-refractivity contribution < 1.29 is 0 Å². The summed E-state index contributed by atoms with van der Waals surface area (Å²) < 4.78 is 0. The van der Waals surface area contributed by atoms with Crippen LogP contribution in [0.1, 0.15) is 21.7 Å². The van der Waals surface area contributed by atoms with Crippen molar-refractivity contribution in [2.45, 2.75) is 26.7 Å². The fraction of sp³-hybridized carbons (Fsp3) is 0.357. The maximum absolute atomic E-state index is 4.58. The molecule has 0 aliphatic heterocycles. The molecule has 2 rings (SSSR count). The van der Waals surface area contributed by atoms with Gasteiger partial charge in [-0.3, -0.25) is 0 Å². The van der Waals surface area contributed by atoms with Crippen molar-refractivity contribution in [3.63, 3.8) is 0 Å². The second-order valence-electron chi connectivity index (χ2n) is 4.20. The van der Waals surface area contributed by atoms with Crippen LogP contribution in [0.2, 0.25) is 0 Å². The average molecular weight is 246 g/mol. The van der Waals surface area contributed by atoms with Gasteiger partial charge in [0.1, 0.15) is 0 Å². The molecule has 2 nitrogen and oxygen atoms in total. The van der Waals surface area contributed by atoms with E-state index in [1.54, 1.807) is 11.3 Å². The monoisotopic (exact) mass is 246 g/mol. The van der Waals surface area contributed by atoms with Crippen LogP contribution in [0.25, 0.3) is 0 Å². The Labute approximate surface area is 107 Å². The Bertz CT molecular complexity index is 503. The molecule has 0 unspecified atom stereocenters. The SMILES string of the molecule is CNc1nc(CCc2ccccc2C)c(C)s1. The number of rotatable bonds is 4. The third kappa shape index (κ3) is 2.86. The van der Waals surface area contributed by atoms with Gasteiger partial charge in [0.25, 0.3) is 0 Å². The van der Waals surface area contributed by atoms with Crippen molar-refractivity contribution in [3.8, 4) is 0 Å². The highest BCUT2D eigenvalue weighted by Crippen LogP contribution is 2.23. The number of aromatic nitrogens is 1. The van der Waals surface area contributed by atoms with Crippen LogP contribution in [0.3, 0.4) is 0 Å². The summed E-state index contributed by atoms with van der Waals surface area (Å²) in [7, 11) is 1.92. The number of thiazole rings is 1. The fourth-order valence-electron chi connectivity index (χ4n) is 1.91. The van der Waals surface area contributed by atoms with Crippen LogP contribution < -0.4 is 5.32 Å². The van der Waals surface area contributed by atoms with Gasteiger partial charge in [0, 0.05) is 11.9 Å². The molecule has 17 heavy (non-hydrogen) atoms. The number of anilines is 1. The van der Waals surface area contributed by atoms with E-state index >= 15 is 0 Å². The summed E-state index contributed by atoms with van der Waals surface area (Å²) in [4.78, 5) is 5.90. The Balaban J connectivity index is 2.07. The lowest BCUT2D eigenvalue weighted by molar-refractivity contribution is 0.909. The lowest BCUT2D eigenvalue weighted by Gasteiger charge is -2.04. The molecule has 0 spiro atoms. The van der Waals surface area contributed by atoms with Crippen LogP contribution in [0.5, 0.6) is 0 Å². The summed E-state index contributed by atoms with van der Waals surface area (Å²) in [5, 5.41) is 4.12. The minimum Gasteiger partial charge on any atom is -0.365 e. The Morgan fingerprint density at radius 2 is 1.94 bits per heavy atom. The van der Waals surface area contributed by atoms with Gasteiger partial charge in [-0.15, -0.1) is 11.3 Å². The predicted molar refractivity (Wildman–Crippen MR) is 75.0 cm³/mol. The Kier molecular flexibility index (Phi) is 3.79. The molecule has 0 fully saturated rings. The van der Waals surface area contributed by atoms with Crippen molar-refractivity contribution >= 4 is 16.5 Å². The van der Waals surface area contributed by atoms with E-state index in [-0.39, 0.29) is 0 Å². The first kappa shape index (κ1) is 12.1. The molecule has 0 amide bonds. The molecular formula is C14H18N2S. The van der Waals surface area contributed by atoms with Gasteiger partial charge in [-0.1, -0.05) is 24.3 Å². The summed E-state index contributed by atoms with van der Waals surface area (Å²) in [5.74, 6) is 0. The van der Waals surface area contributed by atoms with Crippen molar-refractivity contribution in [2.75, 3.05) is 12.4 Å². The standard InChI is InChI=1S/C14H18N2S/c1-10-6-4-5-7-12(10)8-9-13-11(2)17-14(15-3)16-13/h4-7H,8-9H2,1-3H3,(H,15,16). The number of nitrogens with zero attached hydrogens (tertiary/aromatic N) is 1. The molecule has 90 valence electrons. The van der Waals surface area contributed by atoms with Gasteiger partial charge in [-0.25, -0.2) is 4.98 Å². The number of hydrogen-bond acceptors (Lipinski definition) is 3. The molecule has 0 bridgehead atoms. The first-order chi connectivity index (χ1) is 8.20. The second kappa shape index (κ2) is 5.32. The first-order valence-corrected chi connectivity index (χ1v) is 6.71.